The van der Waals surface area contributed by atoms with E-state index in [1.54, 1.807) is 12.1 Å². The van der Waals surface area contributed by atoms with Crippen molar-refractivity contribution in [3.63, 3.8) is 0 Å². The van der Waals surface area contributed by atoms with Crippen molar-refractivity contribution in [3.8, 4) is 0 Å². The third kappa shape index (κ3) is 3.98. The van der Waals surface area contributed by atoms with E-state index in [2.05, 4.69) is 33.2 Å². The van der Waals surface area contributed by atoms with Gasteiger partial charge in [-0.05, 0) is 59.0 Å². The highest BCUT2D eigenvalue weighted by Crippen LogP contribution is 2.11. The predicted molar refractivity (Wildman–Crippen MR) is 80.7 cm³/mol. The number of urea groups is 1. The predicted octanol–water partition coefficient (Wildman–Crippen LogP) is 2.90. The second-order valence-electron chi connectivity index (χ2n) is 3.89. The summed E-state index contributed by atoms with van der Waals surface area (Å²) in [5, 5.41) is 13.9. The van der Waals surface area contributed by atoms with Crippen LogP contribution in [-0.2, 0) is 6.54 Å². The highest BCUT2D eigenvalue weighted by atomic mass is 127. The Morgan fingerprint density at radius 2 is 1.85 bits per heavy atom. The number of hydrogen-bond acceptors (Lipinski definition) is 3. The Morgan fingerprint density at radius 1 is 1.15 bits per heavy atom. The van der Waals surface area contributed by atoms with Crippen LogP contribution in [-0.4, -0.2) is 17.1 Å². The van der Waals surface area contributed by atoms with Crippen LogP contribution in [0.5, 0.6) is 0 Å². The molecule has 1 heterocycles. The molecule has 0 aliphatic rings. The van der Waals surface area contributed by atoms with Gasteiger partial charge in [0.15, 0.2) is 0 Å². The van der Waals surface area contributed by atoms with E-state index in [0.29, 0.717) is 11.4 Å². The number of carbonyl (C=O) groups excluding carboxylic acids is 1. The molecule has 0 unspecified atom stereocenters. The van der Waals surface area contributed by atoms with Gasteiger partial charge in [0.1, 0.15) is 5.76 Å². The summed E-state index contributed by atoms with van der Waals surface area (Å²) in [5.74, 6) is -0.917. The molecule has 7 heteroatoms. The molecule has 0 aliphatic carbocycles. The Morgan fingerprint density at radius 3 is 2.45 bits per heavy atom. The number of rotatable bonds is 4. The Balaban J connectivity index is 1.85. The Bertz CT molecular complexity index is 622. The molecule has 20 heavy (non-hydrogen) atoms. The maximum Gasteiger partial charge on any atom is 0.371 e. The van der Waals surface area contributed by atoms with Crippen molar-refractivity contribution < 1.29 is 19.1 Å². The van der Waals surface area contributed by atoms with Crippen LogP contribution in [0.1, 0.15) is 16.3 Å². The minimum Gasteiger partial charge on any atom is -0.475 e. The molecular formula is C13H11IN2O4. The van der Waals surface area contributed by atoms with Gasteiger partial charge in [-0.15, -0.1) is 0 Å². The highest BCUT2D eigenvalue weighted by molar-refractivity contribution is 14.1. The summed E-state index contributed by atoms with van der Waals surface area (Å²) in [6, 6.07) is 9.79. The average molecular weight is 386 g/mol. The molecule has 0 spiro atoms. The normalized spacial score (nSPS) is 10.1. The summed E-state index contributed by atoms with van der Waals surface area (Å²) in [4.78, 5) is 22.3. The molecule has 0 radical (unpaired) electrons. The fourth-order valence-electron chi connectivity index (χ4n) is 1.46. The molecule has 2 aromatic rings. The van der Waals surface area contributed by atoms with Crippen molar-refractivity contribution in [2.75, 3.05) is 5.32 Å². The zero-order valence-corrected chi connectivity index (χ0v) is 12.4. The van der Waals surface area contributed by atoms with Gasteiger partial charge in [0.05, 0.1) is 6.54 Å². The monoisotopic (exact) mass is 386 g/mol. The van der Waals surface area contributed by atoms with Crippen LogP contribution in [0, 0.1) is 3.57 Å². The maximum absolute atomic E-state index is 11.6. The lowest BCUT2D eigenvalue weighted by atomic mass is 10.3. The van der Waals surface area contributed by atoms with E-state index < -0.39 is 5.97 Å². The standard InChI is InChI=1S/C13H11IN2O4/c14-8-1-3-9(4-2-8)16-13(19)15-7-10-5-6-11(20-10)12(17)18/h1-6H,7H2,(H,17,18)(H2,15,16,19). The molecule has 0 saturated carbocycles. The summed E-state index contributed by atoms with van der Waals surface area (Å²) in [6.45, 7) is 0.115. The zero-order chi connectivity index (χ0) is 14.5. The van der Waals surface area contributed by atoms with Crippen LogP contribution in [0.25, 0.3) is 0 Å². The number of carboxylic acid groups (broad SMARTS) is 1. The van der Waals surface area contributed by atoms with E-state index in [4.69, 9.17) is 9.52 Å². The largest absolute Gasteiger partial charge is 0.475 e. The summed E-state index contributed by atoms with van der Waals surface area (Å²) in [5.41, 5.74) is 0.675. The molecule has 0 fully saturated rings. The second kappa shape index (κ2) is 6.42. The number of carbonyl (C=O) groups is 2. The first kappa shape index (κ1) is 14.4. The van der Waals surface area contributed by atoms with Gasteiger partial charge in [-0.25, -0.2) is 9.59 Å². The first-order valence-electron chi connectivity index (χ1n) is 5.67. The average Bonchev–Trinajstić information content (AvgIpc) is 2.88. The highest BCUT2D eigenvalue weighted by Gasteiger charge is 2.09. The van der Waals surface area contributed by atoms with Crippen molar-refractivity contribution >= 4 is 40.3 Å². The third-order valence-electron chi connectivity index (χ3n) is 2.40. The minimum absolute atomic E-state index is 0.115. The van der Waals surface area contributed by atoms with Crippen molar-refractivity contribution in [2.45, 2.75) is 6.54 Å². The van der Waals surface area contributed by atoms with E-state index in [1.165, 1.54) is 12.1 Å². The fourth-order valence-corrected chi connectivity index (χ4v) is 1.82. The number of anilines is 1. The molecule has 3 N–H and O–H groups in total. The van der Waals surface area contributed by atoms with E-state index in [9.17, 15) is 9.59 Å². The topological polar surface area (TPSA) is 91.6 Å². The molecule has 1 aromatic carbocycles. The number of furan rings is 1. The molecule has 0 atom stereocenters. The molecule has 2 rings (SSSR count). The van der Waals surface area contributed by atoms with Gasteiger partial charge in [0, 0.05) is 9.26 Å². The molecule has 2 amide bonds. The fraction of sp³-hybridized carbons (Fsp3) is 0.0769. The molecule has 6 nitrogen and oxygen atoms in total. The first-order chi connectivity index (χ1) is 9.54. The number of halogens is 1. The Labute approximate surface area is 128 Å². The summed E-state index contributed by atoms with van der Waals surface area (Å²) >= 11 is 2.17. The zero-order valence-electron chi connectivity index (χ0n) is 10.2. The Kier molecular flexibility index (Phi) is 4.61. The van der Waals surface area contributed by atoms with Crippen LogP contribution in [0.2, 0.25) is 0 Å². The molecule has 104 valence electrons. The van der Waals surface area contributed by atoms with Gasteiger partial charge in [-0.1, -0.05) is 0 Å². The lowest BCUT2D eigenvalue weighted by Crippen LogP contribution is -2.27. The number of benzene rings is 1. The SMILES string of the molecule is O=C(NCc1ccc(C(=O)O)o1)Nc1ccc(I)cc1. The third-order valence-corrected chi connectivity index (χ3v) is 3.12. The van der Waals surface area contributed by atoms with Crippen molar-refractivity contribution in [1.29, 1.82) is 0 Å². The Hall–Kier alpha value is -2.03. The number of aromatic carboxylic acids is 1. The van der Waals surface area contributed by atoms with Gasteiger partial charge < -0.3 is 20.2 Å². The van der Waals surface area contributed by atoms with E-state index in [-0.39, 0.29) is 18.3 Å². The molecule has 0 bridgehead atoms. The quantitative estimate of drug-likeness (QED) is 0.705. The number of amides is 2. The van der Waals surface area contributed by atoms with Crippen LogP contribution in [0.3, 0.4) is 0 Å². The minimum atomic E-state index is -1.14. The lowest BCUT2D eigenvalue weighted by Gasteiger charge is -2.06. The second-order valence-corrected chi connectivity index (χ2v) is 5.13. The van der Waals surface area contributed by atoms with Crippen molar-refractivity contribution in [3.05, 3.63) is 51.5 Å². The first-order valence-corrected chi connectivity index (χ1v) is 6.75. The summed E-state index contributed by atoms with van der Waals surface area (Å²) in [6.07, 6.45) is 0. The van der Waals surface area contributed by atoms with E-state index >= 15 is 0 Å². The summed E-state index contributed by atoms with van der Waals surface area (Å²) in [7, 11) is 0. The maximum atomic E-state index is 11.6. The molecule has 0 aliphatic heterocycles. The van der Waals surface area contributed by atoms with Gasteiger partial charge in [0.2, 0.25) is 5.76 Å². The molecule has 1 aromatic heterocycles. The molecular weight excluding hydrogens is 375 g/mol. The van der Waals surface area contributed by atoms with Crippen molar-refractivity contribution in [1.82, 2.24) is 5.32 Å². The molecule has 0 saturated heterocycles. The van der Waals surface area contributed by atoms with Crippen LogP contribution >= 0.6 is 22.6 Å². The van der Waals surface area contributed by atoms with Crippen LogP contribution in [0.15, 0.2) is 40.8 Å². The smallest absolute Gasteiger partial charge is 0.371 e. The van der Waals surface area contributed by atoms with E-state index in [0.717, 1.165) is 3.57 Å². The van der Waals surface area contributed by atoms with Gasteiger partial charge in [-0.2, -0.15) is 0 Å². The van der Waals surface area contributed by atoms with E-state index in [1.807, 2.05) is 12.1 Å². The van der Waals surface area contributed by atoms with Crippen LogP contribution < -0.4 is 10.6 Å². The van der Waals surface area contributed by atoms with Gasteiger partial charge >= 0.3 is 12.0 Å². The number of hydrogen-bond donors (Lipinski definition) is 3. The van der Waals surface area contributed by atoms with Gasteiger partial charge in [0.25, 0.3) is 0 Å². The lowest BCUT2D eigenvalue weighted by molar-refractivity contribution is 0.0660. The number of carboxylic acids is 1. The summed E-state index contributed by atoms with van der Waals surface area (Å²) < 4.78 is 6.09. The number of nitrogens with one attached hydrogen (secondary N) is 2. The van der Waals surface area contributed by atoms with Crippen molar-refractivity contribution in [2.24, 2.45) is 0 Å². The van der Waals surface area contributed by atoms with Gasteiger partial charge in [-0.3, -0.25) is 0 Å². The van der Waals surface area contributed by atoms with Crippen LogP contribution in [0.4, 0.5) is 10.5 Å².